The van der Waals surface area contributed by atoms with Crippen LogP contribution in [0.4, 0.5) is 5.69 Å². The molecule has 0 atom stereocenters. The zero-order valence-electron chi connectivity index (χ0n) is 9.22. The molecule has 92 valence electrons. The molecule has 3 N–H and O–H groups in total. The largest absolute Gasteiger partial charge is 0.508 e. The van der Waals surface area contributed by atoms with Crippen molar-refractivity contribution in [2.75, 3.05) is 5.32 Å². The molecular formula is C13H10BrNO3. The third kappa shape index (κ3) is 2.81. The highest BCUT2D eigenvalue weighted by Crippen LogP contribution is 2.23. The predicted octanol–water partition coefficient (Wildman–Crippen LogP) is 3.11. The highest BCUT2D eigenvalue weighted by atomic mass is 79.9. The first-order chi connectivity index (χ1) is 8.56. The van der Waals surface area contributed by atoms with Crippen molar-refractivity contribution in [1.29, 1.82) is 0 Å². The zero-order chi connectivity index (χ0) is 13.1. The number of hydrogen-bond acceptors (Lipinski definition) is 3. The second kappa shape index (κ2) is 5.10. The fourth-order valence-electron chi connectivity index (χ4n) is 1.43. The van der Waals surface area contributed by atoms with Gasteiger partial charge in [-0.05, 0) is 42.5 Å². The van der Waals surface area contributed by atoms with Gasteiger partial charge >= 0.3 is 0 Å². The molecular weight excluding hydrogens is 298 g/mol. The second-order valence-electron chi connectivity index (χ2n) is 3.66. The monoisotopic (exact) mass is 307 g/mol. The van der Waals surface area contributed by atoms with Crippen molar-refractivity contribution in [2.45, 2.75) is 0 Å². The van der Waals surface area contributed by atoms with Crippen molar-refractivity contribution in [3.63, 3.8) is 0 Å². The van der Waals surface area contributed by atoms with E-state index in [1.165, 1.54) is 24.3 Å². The average Bonchev–Trinajstić information content (AvgIpc) is 2.35. The zero-order valence-corrected chi connectivity index (χ0v) is 10.8. The summed E-state index contributed by atoms with van der Waals surface area (Å²) in [4.78, 5) is 11.9. The van der Waals surface area contributed by atoms with E-state index in [0.29, 0.717) is 10.2 Å². The van der Waals surface area contributed by atoms with Gasteiger partial charge in [-0.2, -0.15) is 0 Å². The second-order valence-corrected chi connectivity index (χ2v) is 4.58. The minimum Gasteiger partial charge on any atom is -0.508 e. The van der Waals surface area contributed by atoms with E-state index in [9.17, 15) is 9.90 Å². The Morgan fingerprint density at radius 2 is 1.72 bits per heavy atom. The SMILES string of the molecule is O=C(Nc1ccc(O)cc1)c1cc(Br)ccc1O. The van der Waals surface area contributed by atoms with Crippen LogP contribution in [0.2, 0.25) is 0 Å². The van der Waals surface area contributed by atoms with E-state index in [4.69, 9.17) is 5.11 Å². The van der Waals surface area contributed by atoms with Gasteiger partial charge in [0.15, 0.2) is 0 Å². The number of nitrogens with one attached hydrogen (secondary N) is 1. The highest BCUT2D eigenvalue weighted by molar-refractivity contribution is 9.10. The molecule has 0 radical (unpaired) electrons. The summed E-state index contributed by atoms with van der Waals surface area (Å²) in [6.07, 6.45) is 0. The van der Waals surface area contributed by atoms with Crippen molar-refractivity contribution in [3.8, 4) is 11.5 Å². The van der Waals surface area contributed by atoms with Gasteiger partial charge in [0, 0.05) is 10.2 Å². The van der Waals surface area contributed by atoms with Crippen LogP contribution < -0.4 is 5.32 Å². The van der Waals surface area contributed by atoms with Gasteiger partial charge in [-0.1, -0.05) is 15.9 Å². The van der Waals surface area contributed by atoms with E-state index in [-0.39, 0.29) is 17.1 Å². The molecule has 0 unspecified atom stereocenters. The van der Waals surface area contributed by atoms with Gasteiger partial charge in [0.25, 0.3) is 5.91 Å². The smallest absolute Gasteiger partial charge is 0.259 e. The third-order valence-corrected chi connectivity index (χ3v) is 2.82. The topological polar surface area (TPSA) is 69.6 Å². The average molecular weight is 308 g/mol. The predicted molar refractivity (Wildman–Crippen MR) is 71.9 cm³/mol. The maximum atomic E-state index is 11.9. The van der Waals surface area contributed by atoms with Crippen LogP contribution in [-0.4, -0.2) is 16.1 Å². The van der Waals surface area contributed by atoms with Crippen molar-refractivity contribution in [2.24, 2.45) is 0 Å². The van der Waals surface area contributed by atoms with Crippen LogP contribution in [0.1, 0.15) is 10.4 Å². The highest BCUT2D eigenvalue weighted by Gasteiger charge is 2.11. The lowest BCUT2D eigenvalue weighted by molar-refractivity contribution is 0.102. The first kappa shape index (κ1) is 12.4. The van der Waals surface area contributed by atoms with Crippen LogP contribution in [0.3, 0.4) is 0 Å². The van der Waals surface area contributed by atoms with Gasteiger partial charge in [0.1, 0.15) is 11.5 Å². The number of carbonyl (C=O) groups excluding carboxylic acids is 1. The van der Waals surface area contributed by atoms with E-state index in [2.05, 4.69) is 21.2 Å². The van der Waals surface area contributed by atoms with Gasteiger partial charge < -0.3 is 15.5 Å². The quantitative estimate of drug-likeness (QED) is 0.747. The first-order valence-electron chi connectivity index (χ1n) is 5.15. The van der Waals surface area contributed by atoms with Gasteiger partial charge in [-0.3, -0.25) is 4.79 Å². The van der Waals surface area contributed by atoms with E-state index in [1.54, 1.807) is 18.2 Å². The molecule has 18 heavy (non-hydrogen) atoms. The molecule has 0 aliphatic rings. The van der Waals surface area contributed by atoms with Crippen LogP contribution in [0.5, 0.6) is 11.5 Å². The summed E-state index contributed by atoms with van der Waals surface area (Å²) < 4.78 is 0.705. The van der Waals surface area contributed by atoms with Crippen LogP contribution >= 0.6 is 15.9 Å². The molecule has 0 fully saturated rings. The molecule has 2 aromatic rings. The summed E-state index contributed by atoms with van der Waals surface area (Å²) in [6, 6.07) is 10.7. The molecule has 2 rings (SSSR count). The number of amides is 1. The molecule has 0 aliphatic carbocycles. The van der Waals surface area contributed by atoms with Gasteiger partial charge in [-0.25, -0.2) is 0 Å². The number of aromatic hydroxyl groups is 2. The fraction of sp³-hybridized carbons (Fsp3) is 0. The van der Waals surface area contributed by atoms with Gasteiger partial charge in [0.2, 0.25) is 0 Å². The molecule has 0 heterocycles. The standard InChI is InChI=1S/C13H10BrNO3/c14-8-1-6-12(17)11(7-8)13(18)15-9-2-4-10(16)5-3-9/h1-7,16-17H,(H,15,18). The Bertz CT molecular complexity index is 581. The number of phenols is 2. The molecule has 0 aromatic heterocycles. The van der Waals surface area contributed by atoms with E-state index < -0.39 is 5.91 Å². The lowest BCUT2D eigenvalue weighted by Gasteiger charge is -2.07. The van der Waals surface area contributed by atoms with Crippen LogP contribution in [0.15, 0.2) is 46.9 Å². The van der Waals surface area contributed by atoms with Crippen LogP contribution in [-0.2, 0) is 0 Å². The number of phenolic OH excluding ortho intramolecular Hbond substituents is 2. The number of anilines is 1. The van der Waals surface area contributed by atoms with Crippen LogP contribution in [0, 0.1) is 0 Å². The molecule has 5 heteroatoms. The van der Waals surface area contributed by atoms with Crippen molar-refractivity contribution in [3.05, 3.63) is 52.5 Å². The normalized spacial score (nSPS) is 10.1. The Balaban J connectivity index is 2.21. The Morgan fingerprint density at radius 3 is 2.39 bits per heavy atom. The van der Waals surface area contributed by atoms with Crippen LogP contribution in [0.25, 0.3) is 0 Å². The first-order valence-corrected chi connectivity index (χ1v) is 5.94. The number of halogens is 1. The summed E-state index contributed by atoms with van der Waals surface area (Å²) in [5.74, 6) is -0.382. The Hall–Kier alpha value is -2.01. The Labute approximate surface area is 112 Å². The Kier molecular flexibility index (Phi) is 3.53. The van der Waals surface area contributed by atoms with E-state index in [0.717, 1.165) is 0 Å². The lowest BCUT2D eigenvalue weighted by Crippen LogP contribution is -2.11. The minimum atomic E-state index is -0.417. The lowest BCUT2D eigenvalue weighted by atomic mass is 10.2. The minimum absolute atomic E-state index is 0.0884. The van der Waals surface area contributed by atoms with E-state index >= 15 is 0 Å². The van der Waals surface area contributed by atoms with Crippen molar-refractivity contribution in [1.82, 2.24) is 0 Å². The number of hydrogen-bond donors (Lipinski definition) is 3. The van der Waals surface area contributed by atoms with Gasteiger partial charge in [0.05, 0.1) is 5.56 Å². The van der Waals surface area contributed by atoms with E-state index in [1.807, 2.05) is 0 Å². The van der Waals surface area contributed by atoms with Gasteiger partial charge in [-0.15, -0.1) is 0 Å². The number of rotatable bonds is 2. The molecule has 2 aromatic carbocycles. The molecule has 0 spiro atoms. The number of carbonyl (C=O) groups is 1. The van der Waals surface area contributed by atoms with Crippen molar-refractivity contribution < 1.29 is 15.0 Å². The molecule has 1 amide bonds. The maximum absolute atomic E-state index is 11.9. The summed E-state index contributed by atoms with van der Waals surface area (Å²) in [6.45, 7) is 0. The molecule has 4 nitrogen and oxygen atoms in total. The third-order valence-electron chi connectivity index (χ3n) is 2.33. The summed E-state index contributed by atoms with van der Waals surface area (Å²) in [5.41, 5.74) is 0.717. The molecule has 0 aliphatic heterocycles. The molecule has 0 saturated carbocycles. The van der Waals surface area contributed by atoms with Crippen molar-refractivity contribution >= 4 is 27.5 Å². The molecule has 0 bridgehead atoms. The summed E-state index contributed by atoms with van der Waals surface area (Å²) in [7, 11) is 0. The summed E-state index contributed by atoms with van der Waals surface area (Å²) in [5, 5.41) is 21.4. The summed E-state index contributed by atoms with van der Waals surface area (Å²) >= 11 is 3.24. The Morgan fingerprint density at radius 1 is 1.06 bits per heavy atom. The maximum Gasteiger partial charge on any atom is 0.259 e. The number of benzene rings is 2. The fourth-order valence-corrected chi connectivity index (χ4v) is 1.79. The molecule has 0 saturated heterocycles.